The molecule has 2 aromatic rings. The minimum Gasteiger partial charge on any atom is -0.360 e. The van der Waals surface area contributed by atoms with E-state index in [-0.39, 0.29) is 24.8 Å². The second kappa shape index (κ2) is 5.12. The first-order chi connectivity index (χ1) is 8.43. The molecule has 0 fully saturated rings. The molecule has 0 amide bonds. The predicted octanol–water partition coefficient (Wildman–Crippen LogP) is 5.27. The maximum Gasteiger partial charge on any atom is 0.0539 e. The average molecular weight is 290 g/mol. The quantitative estimate of drug-likeness (QED) is 0.454. The molecule has 3 heteroatoms. The maximum atomic E-state index is 3.42. The van der Waals surface area contributed by atoms with E-state index in [4.69, 9.17) is 0 Å². The van der Waals surface area contributed by atoms with Gasteiger partial charge >= 0.3 is 0 Å². The fraction of sp³-hybridized carbons (Fsp3) is 0. The minimum absolute atomic E-state index is 0. The lowest BCUT2D eigenvalue weighted by molar-refractivity contribution is 1.39. The number of nitrogens with one attached hydrogen (secondary N) is 1. The summed E-state index contributed by atoms with van der Waals surface area (Å²) in [6.45, 7) is 0. The normalized spacial score (nSPS) is 10.3. The molecular weight excluding hydrogens is 277 g/mol. The van der Waals surface area contributed by atoms with E-state index in [9.17, 15) is 0 Å². The Kier molecular flexibility index (Phi) is 3.70. The first kappa shape index (κ1) is 13.7. The van der Waals surface area contributed by atoms with Crippen LogP contribution >= 0.6 is 24.8 Å². The molecule has 0 spiro atoms. The maximum absolute atomic E-state index is 3.42. The van der Waals surface area contributed by atoms with Crippen LogP contribution in [0.25, 0.3) is 32.8 Å². The van der Waals surface area contributed by atoms with E-state index < -0.39 is 0 Å². The number of benzene rings is 2. The van der Waals surface area contributed by atoms with Crippen LogP contribution in [-0.2, 0) is 0 Å². The third-order valence-electron chi connectivity index (χ3n) is 3.42. The largest absolute Gasteiger partial charge is 0.360 e. The molecule has 1 N–H and O–H groups in total. The summed E-state index contributed by atoms with van der Waals surface area (Å²) in [5.74, 6) is 0. The van der Waals surface area contributed by atoms with Crippen LogP contribution in [0.5, 0.6) is 0 Å². The Balaban J connectivity index is 0.000000667. The molecule has 4 rings (SSSR count). The van der Waals surface area contributed by atoms with Crippen molar-refractivity contribution >= 4 is 46.4 Å². The van der Waals surface area contributed by atoms with E-state index in [1.165, 1.54) is 32.8 Å². The molecular formula is C16H13Cl2N. The van der Waals surface area contributed by atoms with Gasteiger partial charge in [-0.25, -0.2) is 0 Å². The van der Waals surface area contributed by atoms with Crippen LogP contribution in [0.3, 0.4) is 0 Å². The van der Waals surface area contributed by atoms with Crippen molar-refractivity contribution < 1.29 is 0 Å². The highest BCUT2D eigenvalue weighted by atomic mass is 35.5. The third kappa shape index (κ3) is 1.95. The van der Waals surface area contributed by atoms with Crippen molar-refractivity contribution in [2.45, 2.75) is 0 Å². The molecule has 1 heterocycles. The minimum atomic E-state index is 0. The summed E-state index contributed by atoms with van der Waals surface area (Å²) in [6, 6.07) is 19.3. The van der Waals surface area contributed by atoms with Gasteiger partial charge in [-0.1, -0.05) is 48.5 Å². The number of hydrogen-bond acceptors (Lipinski definition) is 0. The monoisotopic (exact) mass is 289 g/mol. The van der Waals surface area contributed by atoms with Gasteiger partial charge in [0.05, 0.1) is 5.69 Å². The number of fused-ring (bicyclic) bond motifs is 5. The van der Waals surface area contributed by atoms with Crippen molar-refractivity contribution in [3.8, 4) is 11.3 Å². The molecule has 1 nitrogen and oxygen atoms in total. The van der Waals surface area contributed by atoms with Crippen LogP contribution in [0.15, 0.2) is 60.8 Å². The molecule has 0 saturated carbocycles. The molecule has 2 aromatic carbocycles. The SMILES string of the molecule is Cl.Cl.c1ccc2c3cc4ccccc4c-3[nH]cc2c1. The van der Waals surface area contributed by atoms with Crippen LogP contribution in [-0.4, -0.2) is 4.98 Å². The number of halogens is 2. The van der Waals surface area contributed by atoms with Crippen molar-refractivity contribution in [2.75, 3.05) is 0 Å². The molecule has 0 aromatic heterocycles. The Morgan fingerprint density at radius 1 is 0.684 bits per heavy atom. The Morgan fingerprint density at radius 2 is 1.32 bits per heavy atom. The summed E-state index contributed by atoms with van der Waals surface area (Å²) >= 11 is 0. The van der Waals surface area contributed by atoms with E-state index in [1.54, 1.807) is 0 Å². The Bertz CT molecular complexity index is 804. The summed E-state index contributed by atoms with van der Waals surface area (Å²) in [4.78, 5) is 3.42. The van der Waals surface area contributed by atoms with Gasteiger partial charge in [-0.2, -0.15) is 0 Å². The number of H-pyrrole nitrogens is 1. The van der Waals surface area contributed by atoms with E-state index >= 15 is 0 Å². The molecule has 19 heavy (non-hydrogen) atoms. The molecule has 1 aliphatic heterocycles. The van der Waals surface area contributed by atoms with Gasteiger partial charge in [0.2, 0.25) is 0 Å². The van der Waals surface area contributed by atoms with Gasteiger partial charge in [0.1, 0.15) is 0 Å². The Hall–Kier alpha value is -1.70. The zero-order chi connectivity index (χ0) is 11.2. The summed E-state index contributed by atoms with van der Waals surface area (Å²) in [5.41, 5.74) is 2.55. The molecule has 0 bridgehead atoms. The van der Waals surface area contributed by atoms with E-state index in [2.05, 4.69) is 65.8 Å². The van der Waals surface area contributed by atoms with Crippen molar-refractivity contribution in [1.29, 1.82) is 0 Å². The highest BCUT2D eigenvalue weighted by Gasteiger charge is 2.12. The van der Waals surface area contributed by atoms with Crippen LogP contribution in [0.4, 0.5) is 0 Å². The second-order valence-electron chi connectivity index (χ2n) is 4.40. The summed E-state index contributed by atoms with van der Waals surface area (Å²) in [7, 11) is 0. The highest BCUT2D eigenvalue weighted by molar-refractivity contribution is 6.09. The van der Waals surface area contributed by atoms with Crippen LogP contribution in [0.2, 0.25) is 0 Å². The molecule has 0 unspecified atom stereocenters. The van der Waals surface area contributed by atoms with Crippen LogP contribution < -0.4 is 0 Å². The van der Waals surface area contributed by atoms with E-state index in [0.717, 1.165) is 0 Å². The fourth-order valence-electron chi connectivity index (χ4n) is 2.61. The van der Waals surface area contributed by atoms with Gasteiger partial charge in [-0.05, 0) is 22.2 Å². The van der Waals surface area contributed by atoms with Gasteiger partial charge in [-0.3, -0.25) is 0 Å². The number of aromatic amines is 1. The fourth-order valence-corrected chi connectivity index (χ4v) is 2.61. The third-order valence-corrected chi connectivity index (χ3v) is 3.42. The molecule has 96 valence electrons. The number of aromatic nitrogens is 1. The molecule has 0 radical (unpaired) electrons. The van der Waals surface area contributed by atoms with Gasteiger partial charge in [0, 0.05) is 17.1 Å². The van der Waals surface area contributed by atoms with E-state index in [1.807, 2.05) is 0 Å². The number of hydrogen-bond donors (Lipinski definition) is 1. The second-order valence-corrected chi connectivity index (χ2v) is 4.40. The zero-order valence-corrected chi connectivity index (χ0v) is 11.7. The number of rotatable bonds is 0. The first-order valence-corrected chi connectivity index (χ1v) is 5.81. The topological polar surface area (TPSA) is 15.8 Å². The first-order valence-electron chi connectivity index (χ1n) is 5.81. The summed E-state index contributed by atoms with van der Waals surface area (Å²) in [5, 5.41) is 5.18. The molecule has 0 atom stereocenters. The summed E-state index contributed by atoms with van der Waals surface area (Å²) < 4.78 is 0. The smallest absolute Gasteiger partial charge is 0.0539 e. The lowest BCUT2D eigenvalue weighted by atomic mass is 10.1. The standard InChI is InChI=1S/C16H11N.2ClH/c1-4-8-14-11(5-1)9-15-13-7-3-2-6-12(13)10-17-16(14)15;;/h1-10,17H;2*1H. The van der Waals surface area contributed by atoms with Crippen molar-refractivity contribution in [1.82, 2.24) is 4.98 Å². The van der Waals surface area contributed by atoms with Gasteiger partial charge in [0.15, 0.2) is 0 Å². The Morgan fingerprint density at radius 3 is 2.11 bits per heavy atom. The van der Waals surface area contributed by atoms with Crippen molar-refractivity contribution in [3.63, 3.8) is 0 Å². The van der Waals surface area contributed by atoms with Crippen molar-refractivity contribution in [2.24, 2.45) is 0 Å². The predicted molar refractivity (Wildman–Crippen MR) is 86.9 cm³/mol. The van der Waals surface area contributed by atoms with Gasteiger partial charge in [-0.15, -0.1) is 24.8 Å². The van der Waals surface area contributed by atoms with Crippen LogP contribution in [0.1, 0.15) is 0 Å². The van der Waals surface area contributed by atoms with E-state index in [0.29, 0.717) is 0 Å². The van der Waals surface area contributed by atoms with Gasteiger partial charge in [0.25, 0.3) is 0 Å². The molecule has 2 aliphatic rings. The lowest BCUT2D eigenvalue weighted by Crippen LogP contribution is -1.83. The molecule has 0 saturated heterocycles. The van der Waals surface area contributed by atoms with Gasteiger partial charge < -0.3 is 4.98 Å². The number of pyridine rings is 1. The zero-order valence-electron chi connectivity index (χ0n) is 10.1. The lowest BCUT2D eigenvalue weighted by Gasteiger charge is -2.05. The van der Waals surface area contributed by atoms with Crippen LogP contribution in [0, 0.1) is 0 Å². The highest BCUT2D eigenvalue weighted by Crippen LogP contribution is 2.36. The average Bonchev–Trinajstić information content (AvgIpc) is 2.78. The molecule has 1 aliphatic carbocycles. The van der Waals surface area contributed by atoms with Crippen molar-refractivity contribution in [3.05, 3.63) is 60.8 Å². The Labute approximate surface area is 123 Å². The summed E-state index contributed by atoms with van der Waals surface area (Å²) in [6.07, 6.45) is 2.09.